The van der Waals surface area contributed by atoms with Gasteiger partial charge in [-0.3, -0.25) is 9.59 Å². The van der Waals surface area contributed by atoms with E-state index in [0.717, 1.165) is 11.1 Å². The van der Waals surface area contributed by atoms with Crippen LogP contribution in [0.1, 0.15) is 37.8 Å². The number of hydrogen-bond donors (Lipinski definition) is 4. The highest BCUT2D eigenvalue weighted by molar-refractivity contribution is 5.97. The first kappa shape index (κ1) is 25.9. The predicted molar refractivity (Wildman–Crippen MR) is 125 cm³/mol. The summed E-state index contributed by atoms with van der Waals surface area (Å²) in [6, 6.07) is 5.39. The van der Waals surface area contributed by atoms with Crippen LogP contribution in [0.3, 0.4) is 0 Å². The summed E-state index contributed by atoms with van der Waals surface area (Å²) < 4.78 is 4.95. The van der Waals surface area contributed by atoms with E-state index in [1.54, 1.807) is 7.05 Å². The molecular formula is C25H35N3O6. The Morgan fingerprint density at radius 3 is 2.44 bits per heavy atom. The van der Waals surface area contributed by atoms with Crippen LogP contribution in [-0.4, -0.2) is 77.4 Å². The van der Waals surface area contributed by atoms with Crippen molar-refractivity contribution >= 4 is 17.8 Å². The van der Waals surface area contributed by atoms with E-state index in [9.17, 15) is 24.6 Å². The summed E-state index contributed by atoms with van der Waals surface area (Å²) in [5.74, 6) is -0.996. The van der Waals surface area contributed by atoms with Crippen molar-refractivity contribution in [1.29, 1.82) is 0 Å². The Morgan fingerprint density at radius 1 is 1.15 bits per heavy atom. The molecule has 0 spiro atoms. The van der Waals surface area contributed by atoms with E-state index in [4.69, 9.17) is 4.74 Å². The molecule has 5 atom stereocenters. The lowest BCUT2D eigenvalue weighted by Gasteiger charge is -2.38. The van der Waals surface area contributed by atoms with Crippen LogP contribution in [0.2, 0.25) is 0 Å². The number of nitrogens with one attached hydrogen (secondary N) is 2. The van der Waals surface area contributed by atoms with E-state index in [-0.39, 0.29) is 30.4 Å². The van der Waals surface area contributed by atoms with Crippen LogP contribution in [0, 0.1) is 5.92 Å². The van der Waals surface area contributed by atoms with Gasteiger partial charge in [0.25, 0.3) is 5.91 Å². The summed E-state index contributed by atoms with van der Waals surface area (Å²) in [5, 5.41) is 26.7. The van der Waals surface area contributed by atoms with Crippen molar-refractivity contribution in [2.45, 2.75) is 70.0 Å². The molecule has 9 heteroatoms. The molecule has 2 aliphatic rings. The first-order valence-corrected chi connectivity index (χ1v) is 11.7. The maximum absolute atomic E-state index is 13.5. The summed E-state index contributed by atoms with van der Waals surface area (Å²) in [7, 11) is 2.97. The number of amides is 2. The third-order valence-electron chi connectivity index (χ3n) is 6.51. The number of aliphatic hydroxyl groups excluding tert-OH is 2. The Balaban J connectivity index is 1.85. The van der Waals surface area contributed by atoms with Gasteiger partial charge in [0.1, 0.15) is 12.1 Å². The third kappa shape index (κ3) is 5.65. The second-order valence-electron chi connectivity index (χ2n) is 9.40. The standard InChI is InChI=1S/C25H35N3O6/c1-14(2)9-19(26-3)23(31)27-18-10-17(12-21(29)22(18)30)24(32)28-13-16-8-6-5-7-15(16)11-20(28)25(33)34-4/h5-8,10,14,18-22,26,29-30H,9,11-13H2,1-4H3,(H,27,31). The molecule has 1 aromatic carbocycles. The molecule has 1 aliphatic heterocycles. The summed E-state index contributed by atoms with van der Waals surface area (Å²) >= 11 is 0. The largest absolute Gasteiger partial charge is 0.467 e. The van der Waals surface area contributed by atoms with Gasteiger partial charge in [0.15, 0.2) is 0 Å². The fourth-order valence-corrected chi connectivity index (χ4v) is 4.61. The van der Waals surface area contributed by atoms with Gasteiger partial charge in [-0.1, -0.05) is 44.2 Å². The molecule has 2 amide bonds. The minimum Gasteiger partial charge on any atom is -0.467 e. The molecule has 1 heterocycles. The van der Waals surface area contributed by atoms with Crippen molar-refractivity contribution in [3.05, 3.63) is 47.0 Å². The van der Waals surface area contributed by atoms with E-state index in [1.807, 2.05) is 38.1 Å². The van der Waals surface area contributed by atoms with Crippen LogP contribution in [0.25, 0.3) is 0 Å². The number of benzene rings is 1. The van der Waals surface area contributed by atoms with Gasteiger partial charge >= 0.3 is 5.97 Å². The highest BCUT2D eigenvalue weighted by Crippen LogP contribution is 2.28. The smallest absolute Gasteiger partial charge is 0.328 e. The third-order valence-corrected chi connectivity index (χ3v) is 6.51. The van der Waals surface area contributed by atoms with Crippen molar-refractivity contribution < 1.29 is 29.3 Å². The van der Waals surface area contributed by atoms with E-state index < -0.39 is 42.2 Å². The number of esters is 1. The van der Waals surface area contributed by atoms with Gasteiger partial charge in [-0.25, -0.2) is 4.79 Å². The van der Waals surface area contributed by atoms with Gasteiger partial charge in [-0.05, 0) is 30.5 Å². The van der Waals surface area contributed by atoms with Crippen molar-refractivity contribution in [2.24, 2.45) is 5.92 Å². The number of carbonyl (C=O) groups excluding carboxylic acids is 3. The zero-order valence-corrected chi connectivity index (χ0v) is 20.2. The molecule has 0 radical (unpaired) electrons. The fourth-order valence-electron chi connectivity index (χ4n) is 4.61. The topological polar surface area (TPSA) is 128 Å². The SMILES string of the molecule is CNC(CC(C)C)C(=O)NC1C=C(C(=O)N2Cc3ccccc3CC2C(=O)OC)CC(O)C1O. The van der Waals surface area contributed by atoms with Gasteiger partial charge in [-0.15, -0.1) is 0 Å². The van der Waals surface area contributed by atoms with Crippen molar-refractivity contribution in [3.8, 4) is 0 Å². The molecule has 34 heavy (non-hydrogen) atoms. The summed E-state index contributed by atoms with van der Waals surface area (Å²) in [6.07, 6.45) is -0.158. The lowest BCUT2D eigenvalue weighted by molar-refractivity contribution is -0.152. The first-order valence-electron chi connectivity index (χ1n) is 11.7. The molecule has 0 fully saturated rings. The molecule has 9 nitrogen and oxygen atoms in total. The Hall–Kier alpha value is -2.75. The Kier molecular flexibility index (Phi) is 8.46. The molecule has 0 saturated heterocycles. The maximum Gasteiger partial charge on any atom is 0.328 e. The average Bonchev–Trinajstić information content (AvgIpc) is 2.83. The predicted octanol–water partition coefficient (Wildman–Crippen LogP) is 0.284. The fraction of sp³-hybridized carbons (Fsp3) is 0.560. The minimum atomic E-state index is -1.25. The lowest BCUT2D eigenvalue weighted by Crippen LogP contribution is -2.56. The molecule has 0 bridgehead atoms. The molecule has 4 N–H and O–H groups in total. The molecule has 186 valence electrons. The zero-order chi connectivity index (χ0) is 25.0. The number of nitrogens with zero attached hydrogens (tertiary/aromatic N) is 1. The van der Waals surface area contributed by atoms with E-state index >= 15 is 0 Å². The minimum absolute atomic E-state index is 0.0835. The van der Waals surface area contributed by atoms with Gasteiger partial charge in [0, 0.05) is 25.0 Å². The van der Waals surface area contributed by atoms with Gasteiger partial charge in [0.05, 0.1) is 25.3 Å². The molecule has 5 unspecified atom stereocenters. The first-order chi connectivity index (χ1) is 16.2. The van der Waals surface area contributed by atoms with Crippen LogP contribution in [0.4, 0.5) is 0 Å². The Morgan fingerprint density at radius 2 is 1.82 bits per heavy atom. The highest BCUT2D eigenvalue weighted by Gasteiger charge is 2.40. The van der Waals surface area contributed by atoms with E-state index in [2.05, 4.69) is 10.6 Å². The molecule has 3 rings (SSSR count). The van der Waals surface area contributed by atoms with E-state index in [0.29, 0.717) is 12.8 Å². The van der Waals surface area contributed by atoms with Crippen LogP contribution >= 0.6 is 0 Å². The van der Waals surface area contributed by atoms with Crippen LogP contribution < -0.4 is 10.6 Å². The highest BCUT2D eigenvalue weighted by atomic mass is 16.5. The maximum atomic E-state index is 13.5. The van der Waals surface area contributed by atoms with Crippen molar-refractivity contribution in [2.75, 3.05) is 14.2 Å². The molecule has 0 aromatic heterocycles. The number of hydrogen-bond acceptors (Lipinski definition) is 7. The molecule has 0 saturated carbocycles. The number of fused-ring (bicyclic) bond motifs is 1. The van der Waals surface area contributed by atoms with Gasteiger partial charge < -0.3 is 30.5 Å². The second kappa shape index (κ2) is 11.1. The molecule has 1 aromatic rings. The van der Waals surface area contributed by atoms with Crippen molar-refractivity contribution in [3.63, 3.8) is 0 Å². The average molecular weight is 474 g/mol. The lowest BCUT2D eigenvalue weighted by atomic mass is 9.87. The monoisotopic (exact) mass is 473 g/mol. The molecule has 1 aliphatic carbocycles. The Labute approximate surface area is 200 Å². The second-order valence-corrected chi connectivity index (χ2v) is 9.40. The van der Waals surface area contributed by atoms with Crippen LogP contribution in [0.15, 0.2) is 35.9 Å². The number of aliphatic hydroxyl groups is 2. The summed E-state index contributed by atoms with van der Waals surface area (Å²) in [4.78, 5) is 40.3. The van der Waals surface area contributed by atoms with Crippen LogP contribution in [-0.2, 0) is 32.1 Å². The van der Waals surface area contributed by atoms with E-state index in [1.165, 1.54) is 18.1 Å². The quantitative estimate of drug-likeness (QED) is 0.419. The number of ether oxygens (including phenoxy) is 1. The number of methoxy groups -OCH3 is 1. The van der Waals surface area contributed by atoms with Gasteiger partial charge in [-0.2, -0.15) is 0 Å². The van der Waals surface area contributed by atoms with Crippen molar-refractivity contribution in [1.82, 2.24) is 15.5 Å². The van der Waals surface area contributed by atoms with Crippen LogP contribution in [0.5, 0.6) is 0 Å². The Bertz CT molecular complexity index is 946. The number of carbonyl (C=O) groups is 3. The summed E-state index contributed by atoms with van der Waals surface area (Å²) in [5.41, 5.74) is 2.15. The molecular weight excluding hydrogens is 438 g/mol. The number of likely N-dealkylation sites (N-methyl/N-ethyl adjacent to an activating group) is 1. The zero-order valence-electron chi connectivity index (χ0n) is 20.2. The summed E-state index contributed by atoms with van der Waals surface area (Å²) in [6.45, 7) is 4.22. The normalized spacial score (nSPS) is 25.3. The van der Waals surface area contributed by atoms with Gasteiger partial charge in [0.2, 0.25) is 5.91 Å². The number of rotatable bonds is 7.